The van der Waals surface area contributed by atoms with E-state index in [4.69, 9.17) is 0 Å². The van der Waals surface area contributed by atoms with E-state index in [9.17, 15) is 18.0 Å². The molecule has 0 spiro atoms. The number of nitrogens with one attached hydrogen (secondary N) is 1. The minimum absolute atomic E-state index is 0.165. The zero-order chi connectivity index (χ0) is 13.8. The molecule has 1 aliphatic heterocycles. The van der Waals surface area contributed by atoms with Gasteiger partial charge in [0.05, 0.1) is 11.8 Å². The first kappa shape index (κ1) is 15.3. The number of alkyl halides is 3. The average molecular weight is 266 g/mol. The van der Waals surface area contributed by atoms with Crippen molar-refractivity contribution in [1.82, 2.24) is 10.2 Å². The van der Waals surface area contributed by atoms with Crippen molar-refractivity contribution >= 4 is 5.91 Å². The Bertz CT molecular complexity index is 286. The van der Waals surface area contributed by atoms with Gasteiger partial charge in [0.1, 0.15) is 0 Å². The molecule has 0 aromatic carbocycles. The normalized spacial score (nSPS) is 24.9. The number of hydrogen-bond acceptors (Lipinski definition) is 2. The van der Waals surface area contributed by atoms with E-state index in [1.165, 1.54) is 11.9 Å². The van der Waals surface area contributed by atoms with Gasteiger partial charge in [-0.05, 0) is 25.8 Å². The lowest BCUT2D eigenvalue weighted by atomic mass is 9.77. The fourth-order valence-electron chi connectivity index (χ4n) is 2.40. The first-order chi connectivity index (χ1) is 8.31. The molecule has 1 N–H and O–H groups in total. The summed E-state index contributed by atoms with van der Waals surface area (Å²) in [7, 11) is 1.46. The molecule has 0 saturated carbocycles. The van der Waals surface area contributed by atoms with E-state index in [1.54, 1.807) is 0 Å². The minimum Gasteiger partial charge on any atom is -0.345 e. The molecule has 1 heterocycles. The Kier molecular flexibility index (Phi) is 5.01. The fourth-order valence-corrected chi connectivity index (χ4v) is 2.40. The fraction of sp³-hybridized carbons (Fsp3) is 0.917. The van der Waals surface area contributed by atoms with Crippen LogP contribution in [0.15, 0.2) is 0 Å². The molecule has 1 fully saturated rings. The van der Waals surface area contributed by atoms with Crippen LogP contribution in [-0.4, -0.2) is 43.7 Å². The maximum atomic E-state index is 12.3. The highest BCUT2D eigenvalue weighted by Gasteiger charge is 2.40. The van der Waals surface area contributed by atoms with Gasteiger partial charge in [-0.1, -0.05) is 6.92 Å². The van der Waals surface area contributed by atoms with E-state index in [0.717, 1.165) is 19.4 Å². The molecule has 1 aliphatic rings. The topological polar surface area (TPSA) is 32.3 Å². The van der Waals surface area contributed by atoms with Gasteiger partial charge in [-0.15, -0.1) is 0 Å². The molecule has 1 rings (SSSR count). The summed E-state index contributed by atoms with van der Waals surface area (Å²) in [6.45, 7) is 3.10. The molecule has 0 aromatic heterocycles. The Labute approximate surface area is 106 Å². The van der Waals surface area contributed by atoms with Crippen LogP contribution in [0.4, 0.5) is 13.2 Å². The van der Waals surface area contributed by atoms with Crippen molar-refractivity contribution in [2.75, 3.05) is 26.7 Å². The number of amides is 1. The van der Waals surface area contributed by atoms with E-state index in [0.29, 0.717) is 13.0 Å². The maximum absolute atomic E-state index is 12.3. The predicted octanol–water partition coefficient (Wildman–Crippen LogP) is 2.18. The van der Waals surface area contributed by atoms with Crippen molar-refractivity contribution in [3.8, 4) is 0 Å². The first-order valence-electron chi connectivity index (χ1n) is 6.34. The summed E-state index contributed by atoms with van der Waals surface area (Å²) in [5.74, 6) is -0.165. The van der Waals surface area contributed by atoms with Crippen molar-refractivity contribution in [1.29, 1.82) is 0 Å². The standard InChI is InChI=1S/C12H21F3N2O/c1-3-11(5-4-7-16-9-11)10(18)17(2)8-6-12(13,14)15/h16H,3-9H2,1-2H3. The van der Waals surface area contributed by atoms with Crippen LogP contribution < -0.4 is 5.32 Å². The van der Waals surface area contributed by atoms with E-state index >= 15 is 0 Å². The van der Waals surface area contributed by atoms with E-state index < -0.39 is 18.0 Å². The first-order valence-corrected chi connectivity index (χ1v) is 6.34. The van der Waals surface area contributed by atoms with Crippen LogP contribution in [0.1, 0.15) is 32.6 Å². The summed E-state index contributed by atoms with van der Waals surface area (Å²) in [6.07, 6.45) is -2.84. The lowest BCUT2D eigenvalue weighted by Gasteiger charge is -2.38. The third kappa shape index (κ3) is 3.86. The average Bonchev–Trinajstić information content (AvgIpc) is 2.35. The molecule has 0 aromatic rings. The quantitative estimate of drug-likeness (QED) is 0.846. The van der Waals surface area contributed by atoms with Gasteiger partial charge in [0, 0.05) is 20.1 Å². The van der Waals surface area contributed by atoms with E-state index in [2.05, 4.69) is 5.32 Å². The molecule has 0 radical (unpaired) electrons. The van der Waals surface area contributed by atoms with Gasteiger partial charge >= 0.3 is 6.18 Å². The summed E-state index contributed by atoms with van der Waals surface area (Å²) in [5, 5.41) is 3.16. The van der Waals surface area contributed by atoms with Gasteiger partial charge in [-0.25, -0.2) is 0 Å². The number of hydrogen-bond donors (Lipinski definition) is 1. The van der Waals surface area contributed by atoms with Crippen molar-refractivity contribution in [2.24, 2.45) is 5.41 Å². The van der Waals surface area contributed by atoms with Gasteiger partial charge in [0.2, 0.25) is 5.91 Å². The third-order valence-electron chi connectivity index (χ3n) is 3.68. The molecule has 3 nitrogen and oxygen atoms in total. The summed E-state index contributed by atoms with van der Waals surface area (Å²) in [4.78, 5) is 13.5. The highest BCUT2D eigenvalue weighted by atomic mass is 19.4. The molecule has 1 atom stereocenters. The lowest BCUT2D eigenvalue weighted by Crippen LogP contribution is -2.51. The van der Waals surface area contributed by atoms with Gasteiger partial charge in [0.25, 0.3) is 0 Å². The lowest BCUT2D eigenvalue weighted by molar-refractivity contribution is -0.151. The van der Waals surface area contributed by atoms with Crippen LogP contribution in [0.5, 0.6) is 0 Å². The molecular formula is C12H21F3N2O. The van der Waals surface area contributed by atoms with Crippen molar-refractivity contribution in [3.63, 3.8) is 0 Å². The SMILES string of the molecule is CCC1(C(=O)N(C)CCC(F)(F)F)CCCNC1. The summed E-state index contributed by atoms with van der Waals surface area (Å²) >= 11 is 0. The highest BCUT2D eigenvalue weighted by Crippen LogP contribution is 2.32. The van der Waals surface area contributed by atoms with E-state index in [-0.39, 0.29) is 12.5 Å². The van der Waals surface area contributed by atoms with Crippen molar-refractivity contribution in [3.05, 3.63) is 0 Å². The smallest absolute Gasteiger partial charge is 0.345 e. The number of rotatable bonds is 4. The Morgan fingerprint density at radius 1 is 1.44 bits per heavy atom. The predicted molar refractivity (Wildman–Crippen MR) is 63.1 cm³/mol. The number of carbonyl (C=O) groups excluding carboxylic acids is 1. The molecule has 0 aliphatic carbocycles. The molecule has 1 unspecified atom stereocenters. The zero-order valence-electron chi connectivity index (χ0n) is 10.9. The Hall–Kier alpha value is -0.780. The Morgan fingerprint density at radius 2 is 2.11 bits per heavy atom. The van der Waals surface area contributed by atoms with Crippen LogP contribution in [-0.2, 0) is 4.79 Å². The molecule has 0 bridgehead atoms. The second-order valence-corrected chi connectivity index (χ2v) is 5.01. The second-order valence-electron chi connectivity index (χ2n) is 5.01. The molecule has 1 saturated heterocycles. The van der Waals surface area contributed by atoms with Crippen LogP contribution in [0.2, 0.25) is 0 Å². The highest BCUT2D eigenvalue weighted by molar-refractivity contribution is 5.82. The van der Waals surface area contributed by atoms with Crippen molar-refractivity contribution in [2.45, 2.75) is 38.8 Å². The van der Waals surface area contributed by atoms with Crippen LogP contribution in [0, 0.1) is 5.41 Å². The number of nitrogens with zero attached hydrogens (tertiary/aromatic N) is 1. The Morgan fingerprint density at radius 3 is 2.56 bits per heavy atom. The third-order valence-corrected chi connectivity index (χ3v) is 3.68. The van der Waals surface area contributed by atoms with E-state index in [1.807, 2.05) is 6.92 Å². The molecule has 18 heavy (non-hydrogen) atoms. The zero-order valence-corrected chi connectivity index (χ0v) is 10.9. The molecule has 106 valence electrons. The monoisotopic (exact) mass is 266 g/mol. The second kappa shape index (κ2) is 5.91. The summed E-state index contributed by atoms with van der Waals surface area (Å²) in [5.41, 5.74) is -0.515. The van der Waals surface area contributed by atoms with Gasteiger partial charge in [-0.3, -0.25) is 4.79 Å². The summed E-state index contributed by atoms with van der Waals surface area (Å²) in [6, 6.07) is 0. The van der Waals surface area contributed by atoms with Crippen molar-refractivity contribution < 1.29 is 18.0 Å². The van der Waals surface area contributed by atoms with Crippen LogP contribution in [0.3, 0.4) is 0 Å². The number of piperidine rings is 1. The number of carbonyl (C=O) groups is 1. The van der Waals surface area contributed by atoms with Gasteiger partial charge in [-0.2, -0.15) is 13.2 Å². The molecular weight excluding hydrogens is 245 g/mol. The number of halogens is 3. The summed E-state index contributed by atoms with van der Waals surface area (Å²) < 4.78 is 36.4. The van der Waals surface area contributed by atoms with Crippen LogP contribution in [0.25, 0.3) is 0 Å². The molecule has 1 amide bonds. The maximum Gasteiger partial charge on any atom is 0.390 e. The molecule has 6 heteroatoms. The minimum atomic E-state index is -4.21. The van der Waals surface area contributed by atoms with Gasteiger partial charge in [0.15, 0.2) is 0 Å². The Balaban J connectivity index is 2.60. The van der Waals surface area contributed by atoms with Crippen LogP contribution >= 0.6 is 0 Å². The van der Waals surface area contributed by atoms with Gasteiger partial charge < -0.3 is 10.2 Å². The largest absolute Gasteiger partial charge is 0.390 e.